The molecule has 0 bridgehead atoms. The predicted octanol–water partition coefficient (Wildman–Crippen LogP) is 3.43. The van der Waals surface area contributed by atoms with Crippen LogP contribution in [0.2, 0.25) is 5.02 Å². The molecule has 1 saturated heterocycles. The van der Waals surface area contributed by atoms with Crippen LogP contribution < -0.4 is 5.73 Å². The smallest absolute Gasteiger partial charge is 0.273 e. The first kappa shape index (κ1) is 18.3. The van der Waals surface area contributed by atoms with E-state index in [9.17, 15) is 4.79 Å². The summed E-state index contributed by atoms with van der Waals surface area (Å²) in [5, 5.41) is 3.23. The highest BCUT2D eigenvalue weighted by molar-refractivity contribution is 7.13. The Labute approximate surface area is 156 Å². The van der Waals surface area contributed by atoms with Crippen molar-refractivity contribution in [3.63, 3.8) is 0 Å². The van der Waals surface area contributed by atoms with Crippen LogP contribution in [0.15, 0.2) is 29.6 Å². The van der Waals surface area contributed by atoms with Gasteiger partial charge in [0.2, 0.25) is 0 Å². The van der Waals surface area contributed by atoms with Crippen LogP contribution in [-0.2, 0) is 4.74 Å². The van der Waals surface area contributed by atoms with Gasteiger partial charge in [-0.2, -0.15) is 0 Å². The number of ether oxygens (including phenoxy) is 1. The lowest BCUT2D eigenvalue weighted by atomic mass is 10.1. The molecule has 0 spiro atoms. The van der Waals surface area contributed by atoms with Gasteiger partial charge in [0.1, 0.15) is 10.7 Å². The van der Waals surface area contributed by atoms with Gasteiger partial charge in [-0.15, -0.1) is 11.3 Å². The zero-order valence-corrected chi connectivity index (χ0v) is 15.6. The Balaban J connectivity index is 1.59. The van der Waals surface area contributed by atoms with Crippen molar-refractivity contribution in [3.05, 3.63) is 40.4 Å². The Morgan fingerprint density at radius 3 is 2.84 bits per heavy atom. The molecule has 0 radical (unpaired) electrons. The zero-order valence-electron chi connectivity index (χ0n) is 14.0. The fourth-order valence-corrected chi connectivity index (χ4v) is 3.97. The summed E-state index contributed by atoms with van der Waals surface area (Å²) in [7, 11) is 0. The Morgan fingerprint density at radius 1 is 1.36 bits per heavy atom. The molecule has 1 amide bonds. The maximum atomic E-state index is 12.7. The van der Waals surface area contributed by atoms with Gasteiger partial charge in [0.25, 0.3) is 5.91 Å². The van der Waals surface area contributed by atoms with Crippen LogP contribution in [0.25, 0.3) is 10.6 Å². The van der Waals surface area contributed by atoms with Crippen LogP contribution in [0.5, 0.6) is 0 Å². The van der Waals surface area contributed by atoms with Crippen molar-refractivity contribution in [1.29, 1.82) is 0 Å². The van der Waals surface area contributed by atoms with E-state index < -0.39 is 0 Å². The van der Waals surface area contributed by atoms with Crippen LogP contribution >= 0.6 is 22.9 Å². The Morgan fingerprint density at radius 2 is 2.12 bits per heavy atom. The van der Waals surface area contributed by atoms with E-state index in [1.165, 1.54) is 11.3 Å². The minimum Gasteiger partial charge on any atom is -0.378 e. The molecule has 1 aliphatic rings. The van der Waals surface area contributed by atoms with Gasteiger partial charge in [0, 0.05) is 30.6 Å². The summed E-state index contributed by atoms with van der Waals surface area (Å²) in [6.07, 6.45) is 2.82. The molecule has 1 aliphatic heterocycles. The highest BCUT2D eigenvalue weighted by Gasteiger charge is 2.25. The first-order chi connectivity index (χ1) is 12.2. The van der Waals surface area contributed by atoms with Gasteiger partial charge >= 0.3 is 0 Å². The highest BCUT2D eigenvalue weighted by Crippen LogP contribution is 2.30. The van der Waals surface area contributed by atoms with Crippen LogP contribution in [0.4, 0.5) is 0 Å². The molecule has 0 atom stereocenters. The molecule has 2 N–H and O–H groups in total. The summed E-state index contributed by atoms with van der Waals surface area (Å²) >= 11 is 7.66. The number of thiazole rings is 1. The second-order valence-corrected chi connectivity index (χ2v) is 7.29. The minimum absolute atomic E-state index is 0.0186. The van der Waals surface area contributed by atoms with Crippen LogP contribution in [0.1, 0.15) is 29.8 Å². The number of halogens is 1. The lowest BCUT2D eigenvalue weighted by Crippen LogP contribution is -2.41. The van der Waals surface area contributed by atoms with Gasteiger partial charge in [0.15, 0.2) is 0 Å². The number of carbonyl (C=O) groups excluding carboxylic acids is 1. The lowest BCUT2D eigenvalue weighted by Gasteiger charge is -2.31. The van der Waals surface area contributed by atoms with Crippen molar-refractivity contribution in [1.82, 2.24) is 9.88 Å². The van der Waals surface area contributed by atoms with Crippen molar-refractivity contribution < 1.29 is 9.53 Å². The SMILES string of the molecule is NCCCOC1CCN(C(=O)c2csc(-c3ccccc3Cl)n2)CC1. The topological polar surface area (TPSA) is 68.5 Å². The summed E-state index contributed by atoms with van der Waals surface area (Å²) < 4.78 is 5.79. The van der Waals surface area contributed by atoms with Gasteiger partial charge in [0.05, 0.1) is 11.1 Å². The molecule has 1 aromatic carbocycles. The molecule has 0 saturated carbocycles. The lowest BCUT2D eigenvalue weighted by molar-refractivity contribution is 0.00831. The zero-order chi connectivity index (χ0) is 17.6. The number of carbonyl (C=O) groups is 1. The van der Waals surface area contributed by atoms with E-state index in [2.05, 4.69) is 4.98 Å². The number of aromatic nitrogens is 1. The maximum absolute atomic E-state index is 12.7. The van der Waals surface area contributed by atoms with Gasteiger partial charge in [-0.3, -0.25) is 4.79 Å². The van der Waals surface area contributed by atoms with Crippen LogP contribution in [0, 0.1) is 0 Å². The standard InChI is InChI=1S/C18H22ClN3O2S/c19-15-5-2-1-4-14(15)17-21-16(12-25-17)18(23)22-9-6-13(7-10-22)24-11-3-8-20/h1-2,4-5,12-13H,3,6-11,20H2. The second-order valence-electron chi connectivity index (χ2n) is 6.02. The number of hydrogen-bond donors (Lipinski definition) is 1. The third-order valence-electron chi connectivity index (χ3n) is 4.26. The number of hydrogen-bond acceptors (Lipinski definition) is 5. The van der Waals surface area contributed by atoms with E-state index in [0.29, 0.717) is 37.0 Å². The molecule has 0 aliphatic carbocycles. The van der Waals surface area contributed by atoms with E-state index in [1.54, 1.807) is 0 Å². The largest absolute Gasteiger partial charge is 0.378 e. The van der Waals surface area contributed by atoms with Crippen LogP contribution in [-0.4, -0.2) is 48.1 Å². The first-order valence-electron chi connectivity index (χ1n) is 8.50. The molecule has 1 aromatic heterocycles. The number of piperidine rings is 1. The molecule has 0 unspecified atom stereocenters. The third kappa shape index (κ3) is 4.58. The van der Waals surface area contributed by atoms with Gasteiger partial charge in [-0.05, 0) is 31.9 Å². The minimum atomic E-state index is -0.0186. The molecular weight excluding hydrogens is 358 g/mol. The molecule has 1 fully saturated rings. The number of likely N-dealkylation sites (tertiary alicyclic amines) is 1. The fourth-order valence-electron chi connectivity index (χ4n) is 2.85. The number of rotatable bonds is 6. The van der Waals surface area contributed by atoms with E-state index in [0.717, 1.165) is 29.8 Å². The number of nitrogens with zero attached hydrogens (tertiary/aromatic N) is 2. The molecule has 134 valence electrons. The number of amides is 1. The predicted molar refractivity (Wildman–Crippen MR) is 101 cm³/mol. The Hall–Kier alpha value is -1.47. The van der Waals surface area contributed by atoms with Crippen LogP contribution in [0.3, 0.4) is 0 Å². The Bertz CT molecular complexity index is 714. The van der Waals surface area contributed by atoms with Gasteiger partial charge < -0.3 is 15.4 Å². The summed E-state index contributed by atoms with van der Waals surface area (Å²) in [4.78, 5) is 19.0. The number of nitrogens with two attached hydrogens (primary N) is 1. The van der Waals surface area contributed by atoms with Crippen molar-refractivity contribution in [2.45, 2.75) is 25.4 Å². The molecule has 7 heteroatoms. The molecule has 25 heavy (non-hydrogen) atoms. The summed E-state index contributed by atoms with van der Waals surface area (Å²) in [6.45, 7) is 2.74. The van der Waals surface area contributed by atoms with Crippen molar-refractivity contribution >= 4 is 28.8 Å². The summed E-state index contributed by atoms with van der Waals surface area (Å²) in [5.74, 6) is -0.0186. The van der Waals surface area contributed by atoms with Crippen molar-refractivity contribution in [3.8, 4) is 10.6 Å². The quantitative estimate of drug-likeness (QED) is 0.780. The molecule has 5 nitrogen and oxygen atoms in total. The molecule has 3 rings (SSSR count). The average molecular weight is 380 g/mol. The average Bonchev–Trinajstić information content (AvgIpc) is 3.12. The van der Waals surface area contributed by atoms with E-state index in [1.807, 2.05) is 34.5 Å². The molecule has 2 aromatic rings. The Kier molecular flexibility index (Phi) is 6.42. The third-order valence-corrected chi connectivity index (χ3v) is 5.46. The monoisotopic (exact) mass is 379 g/mol. The summed E-state index contributed by atoms with van der Waals surface area (Å²) in [5.41, 5.74) is 6.83. The van der Waals surface area contributed by atoms with E-state index >= 15 is 0 Å². The maximum Gasteiger partial charge on any atom is 0.273 e. The second kappa shape index (κ2) is 8.76. The summed E-state index contributed by atoms with van der Waals surface area (Å²) in [6, 6.07) is 7.54. The van der Waals surface area contributed by atoms with E-state index in [4.69, 9.17) is 22.1 Å². The molecule has 2 heterocycles. The molecular formula is C18H22ClN3O2S. The van der Waals surface area contributed by atoms with Gasteiger partial charge in [-0.1, -0.05) is 29.8 Å². The van der Waals surface area contributed by atoms with E-state index in [-0.39, 0.29) is 12.0 Å². The van der Waals surface area contributed by atoms with Crippen molar-refractivity contribution in [2.24, 2.45) is 5.73 Å². The number of benzene rings is 1. The normalized spacial score (nSPS) is 15.5. The first-order valence-corrected chi connectivity index (χ1v) is 9.76. The highest BCUT2D eigenvalue weighted by atomic mass is 35.5. The fraction of sp³-hybridized carbons (Fsp3) is 0.444. The van der Waals surface area contributed by atoms with Gasteiger partial charge in [-0.25, -0.2) is 4.98 Å². The van der Waals surface area contributed by atoms with Crippen molar-refractivity contribution in [2.75, 3.05) is 26.2 Å².